The van der Waals surface area contributed by atoms with Gasteiger partial charge >= 0.3 is 11.9 Å². The molecule has 0 aliphatic carbocycles. The molecule has 0 fully saturated rings. The van der Waals surface area contributed by atoms with Gasteiger partial charge in [0, 0.05) is 17.7 Å². The number of esters is 2. The van der Waals surface area contributed by atoms with Crippen LogP contribution in [0.3, 0.4) is 0 Å². The summed E-state index contributed by atoms with van der Waals surface area (Å²) in [5, 5.41) is 0. The van der Waals surface area contributed by atoms with Crippen molar-refractivity contribution in [1.29, 1.82) is 0 Å². The van der Waals surface area contributed by atoms with Gasteiger partial charge in [-0.25, -0.2) is 18.4 Å². The zero-order chi connectivity index (χ0) is 32.5. The summed E-state index contributed by atoms with van der Waals surface area (Å²) >= 11 is 0. The third-order valence-corrected chi connectivity index (χ3v) is 7.98. The molecule has 0 heterocycles. The first kappa shape index (κ1) is 37.7. The van der Waals surface area contributed by atoms with Gasteiger partial charge in [0.15, 0.2) is 11.6 Å². The lowest BCUT2D eigenvalue weighted by molar-refractivity contribution is -0.138. The number of halogens is 2. The van der Waals surface area contributed by atoms with E-state index in [9.17, 15) is 18.4 Å². The minimum Gasteiger partial charge on any atom is -0.494 e. The van der Waals surface area contributed by atoms with Gasteiger partial charge in [0.2, 0.25) is 0 Å². The van der Waals surface area contributed by atoms with Crippen molar-refractivity contribution in [2.24, 2.45) is 5.92 Å². The van der Waals surface area contributed by atoms with Gasteiger partial charge in [-0.2, -0.15) is 0 Å². The molecule has 0 N–H and O–H groups in total. The van der Waals surface area contributed by atoms with E-state index >= 15 is 0 Å². The Hall–Kier alpha value is -3.48. The lowest BCUT2D eigenvalue weighted by Crippen LogP contribution is -2.04. The fourth-order valence-corrected chi connectivity index (χ4v) is 5.39. The van der Waals surface area contributed by atoms with Gasteiger partial charge in [-0.1, -0.05) is 121 Å². The third kappa shape index (κ3) is 17.0. The summed E-state index contributed by atoms with van der Waals surface area (Å²) in [7, 11) is 0. The van der Waals surface area contributed by atoms with Crippen molar-refractivity contribution in [2.75, 3.05) is 19.8 Å². The highest BCUT2D eigenvalue weighted by Crippen LogP contribution is 2.27. The van der Waals surface area contributed by atoms with Crippen LogP contribution in [0.5, 0.6) is 5.75 Å². The van der Waals surface area contributed by atoms with Crippen LogP contribution in [0.4, 0.5) is 8.78 Å². The van der Waals surface area contributed by atoms with Gasteiger partial charge in [0.1, 0.15) is 5.75 Å². The van der Waals surface area contributed by atoms with Crippen LogP contribution >= 0.6 is 0 Å². The molecule has 2 rings (SSSR count). The van der Waals surface area contributed by atoms with Crippen molar-refractivity contribution in [1.82, 2.24) is 0 Å². The van der Waals surface area contributed by atoms with E-state index in [1.807, 2.05) is 0 Å². The average molecular weight is 627 g/mol. The lowest BCUT2D eigenvalue weighted by atomic mass is 9.89. The number of carbonyl (C=O) groups is 2. The predicted octanol–water partition coefficient (Wildman–Crippen LogP) is 10.3. The summed E-state index contributed by atoms with van der Waals surface area (Å²) in [6.45, 7) is 8.40. The SMILES string of the molecule is C=CC(=O)OCCCCCCC(CCCCCCCOc1ccc(-c2cccc(F)c2F)cc1)CCCCCCOC(=O)C=C. The van der Waals surface area contributed by atoms with E-state index in [-0.39, 0.29) is 17.5 Å². The van der Waals surface area contributed by atoms with E-state index in [0.29, 0.717) is 25.4 Å². The molecule has 2 aromatic rings. The molecule has 0 amide bonds. The molecular weight excluding hydrogens is 574 g/mol. The smallest absolute Gasteiger partial charge is 0.330 e. The quantitative estimate of drug-likeness (QED) is 0.0591. The van der Waals surface area contributed by atoms with Gasteiger partial charge in [0.05, 0.1) is 19.8 Å². The number of benzene rings is 2. The first-order valence-corrected chi connectivity index (χ1v) is 16.7. The van der Waals surface area contributed by atoms with Crippen LogP contribution in [0, 0.1) is 17.6 Å². The van der Waals surface area contributed by atoms with Crippen LogP contribution in [0.15, 0.2) is 67.8 Å². The minimum atomic E-state index is -0.849. The highest BCUT2D eigenvalue weighted by molar-refractivity contribution is 5.81. The Morgan fingerprint density at radius 1 is 0.622 bits per heavy atom. The zero-order valence-corrected chi connectivity index (χ0v) is 26.9. The molecular formula is C38H52F2O5. The van der Waals surface area contributed by atoms with Gasteiger partial charge in [-0.05, 0) is 48.9 Å². The highest BCUT2D eigenvalue weighted by Gasteiger charge is 2.11. The molecule has 248 valence electrons. The van der Waals surface area contributed by atoms with E-state index in [0.717, 1.165) is 69.1 Å². The Labute approximate surface area is 269 Å². The second kappa shape index (κ2) is 23.8. The Bertz CT molecular complexity index is 1100. The Balaban J connectivity index is 1.60. The van der Waals surface area contributed by atoms with Crippen LogP contribution in [0.25, 0.3) is 11.1 Å². The molecule has 0 aliphatic heterocycles. The first-order chi connectivity index (χ1) is 21.9. The van der Waals surface area contributed by atoms with E-state index in [2.05, 4.69) is 13.2 Å². The highest BCUT2D eigenvalue weighted by atomic mass is 19.2. The molecule has 2 aromatic carbocycles. The maximum atomic E-state index is 14.0. The molecule has 0 aromatic heterocycles. The molecule has 0 atom stereocenters. The molecule has 0 bridgehead atoms. The van der Waals surface area contributed by atoms with Gasteiger partial charge in [-0.15, -0.1) is 0 Å². The Morgan fingerprint density at radius 2 is 1.09 bits per heavy atom. The van der Waals surface area contributed by atoms with Gasteiger partial charge in [0.25, 0.3) is 0 Å². The van der Waals surface area contributed by atoms with Crippen molar-refractivity contribution in [2.45, 2.75) is 103 Å². The summed E-state index contributed by atoms with van der Waals surface area (Å²) in [4.78, 5) is 22.3. The van der Waals surface area contributed by atoms with E-state index in [1.54, 1.807) is 30.3 Å². The largest absolute Gasteiger partial charge is 0.494 e. The van der Waals surface area contributed by atoms with Crippen LogP contribution in [-0.4, -0.2) is 31.8 Å². The zero-order valence-electron chi connectivity index (χ0n) is 26.9. The number of unbranched alkanes of at least 4 members (excludes halogenated alkanes) is 10. The van der Waals surface area contributed by atoms with Crippen molar-refractivity contribution in [3.8, 4) is 16.9 Å². The average Bonchev–Trinajstić information content (AvgIpc) is 3.05. The van der Waals surface area contributed by atoms with Crippen molar-refractivity contribution in [3.05, 3.63) is 79.4 Å². The summed E-state index contributed by atoms with van der Waals surface area (Å²) in [6, 6.07) is 11.3. The maximum absolute atomic E-state index is 14.0. The van der Waals surface area contributed by atoms with Crippen LogP contribution in [0.2, 0.25) is 0 Å². The monoisotopic (exact) mass is 626 g/mol. The van der Waals surface area contributed by atoms with Crippen LogP contribution in [0.1, 0.15) is 103 Å². The van der Waals surface area contributed by atoms with Gasteiger partial charge in [-0.3, -0.25) is 0 Å². The number of ether oxygens (including phenoxy) is 3. The van der Waals surface area contributed by atoms with E-state index in [1.165, 1.54) is 69.6 Å². The predicted molar refractivity (Wildman–Crippen MR) is 177 cm³/mol. The summed E-state index contributed by atoms with van der Waals surface area (Å²) in [5.74, 6) is -0.928. The normalized spacial score (nSPS) is 10.9. The van der Waals surface area contributed by atoms with Crippen LogP contribution in [-0.2, 0) is 19.1 Å². The Morgan fingerprint density at radius 3 is 1.60 bits per heavy atom. The van der Waals surface area contributed by atoms with Crippen LogP contribution < -0.4 is 4.74 Å². The first-order valence-electron chi connectivity index (χ1n) is 16.7. The lowest BCUT2D eigenvalue weighted by Gasteiger charge is -2.17. The van der Waals surface area contributed by atoms with Crippen molar-refractivity contribution >= 4 is 11.9 Å². The molecule has 0 spiro atoms. The number of hydrogen-bond donors (Lipinski definition) is 0. The van der Waals surface area contributed by atoms with Gasteiger partial charge < -0.3 is 14.2 Å². The molecule has 0 radical (unpaired) electrons. The molecule has 0 unspecified atom stereocenters. The molecule has 5 nitrogen and oxygen atoms in total. The second-order valence-electron chi connectivity index (χ2n) is 11.5. The third-order valence-electron chi connectivity index (χ3n) is 7.98. The number of rotatable bonds is 26. The molecule has 45 heavy (non-hydrogen) atoms. The standard InChI is InChI=1S/C38H52F2O5/c1-3-36(41)44-29-16-10-7-13-20-31(21-14-8-11-17-30-45-37(42)4-2)19-12-6-5-9-15-28-43-33-26-24-32(25-27-33)34-22-18-23-35(39)38(34)40/h3-4,18,22-27,31H,1-2,5-17,19-21,28-30H2. The maximum Gasteiger partial charge on any atom is 0.330 e. The molecule has 7 heteroatoms. The molecule has 0 aliphatic rings. The van der Waals surface area contributed by atoms with E-state index in [4.69, 9.17) is 14.2 Å². The minimum absolute atomic E-state index is 0.247. The summed E-state index contributed by atoms with van der Waals surface area (Å²) < 4.78 is 43.6. The number of hydrogen-bond acceptors (Lipinski definition) is 5. The fraction of sp³-hybridized carbons (Fsp3) is 0.526. The molecule has 0 saturated carbocycles. The summed E-state index contributed by atoms with van der Waals surface area (Å²) in [6.07, 6.45) is 20.5. The Kier molecular flexibility index (Phi) is 20.0. The molecule has 0 saturated heterocycles. The summed E-state index contributed by atoms with van der Waals surface area (Å²) in [5.41, 5.74) is 0.868. The fourth-order valence-electron chi connectivity index (χ4n) is 5.39. The van der Waals surface area contributed by atoms with E-state index < -0.39 is 11.6 Å². The van der Waals surface area contributed by atoms with Crippen molar-refractivity contribution < 1.29 is 32.6 Å². The second-order valence-corrected chi connectivity index (χ2v) is 11.5. The van der Waals surface area contributed by atoms with Crippen molar-refractivity contribution in [3.63, 3.8) is 0 Å². The topological polar surface area (TPSA) is 61.8 Å². The number of carbonyl (C=O) groups excluding carboxylic acids is 2.